The van der Waals surface area contributed by atoms with Gasteiger partial charge in [-0.15, -0.1) is 0 Å². The lowest BCUT2D eigenvalue weighted by molar-refractivity contribution is 0.231. The third-order valence-corrected chi connectivity index (χ3v) is 4.81. The molecule has 0 amide bonds. The Balaban J connectivity index is 1.87. The van der Waals surface area contributed by atoms with Crippen LogP contribution in [0.5, 0.6) is 5.75 Å². The lowest BCUT2D eigenvalue weighted by Gasteiger charge is -2.20. The SMILES string of the molecule is Cc1ccc(C)c(C(Br)C2Cc3ccccc3O2)c1. The van der Waals surface area contributed by atoms with E-state index >= 15 is 0 Å². The third-order valence-electron chi connectivity index (χ3n) is 3.73. The average molecular weight is 317 g/mol. The first kappa shape index (κ1) is 12.7. The van der Waals surface area contributed by atoms with Crippen LogP contribution in [0.2, 0.25) is 0 Å². The van der Waals surface area contributed by atoms with Crippen LogP contribution in [-0.4, -0.2) is 6.10 Å². The Morgan fingerprint density at radius 2 is 1.95 bits per heavy atom. The number of para-hydroxylation sites is 1. The van der Waals surface area contributed by atoms with Crippen molar-refractivity contribution in [2.45, 2.75) is 31.2 Å². The van der Waals surface area contributed by atoms with Crippen molar-refractivity contribution in [2.75, 3.05) is 0 Å². The van der Waals surface area contributed by atoms with Gasteiger partial charge in [-0.25, -0.2) is 0 Å². The quantitative estimate of drug-likeness (QED) is 0.727. The van der Waals surface area contributed by atoms with Gasteiger partial charge in [-0.05, 0) is 36.6 Å². The summed E-state index contributed by atoms with van der Waals surface area (Å²) in [4.78, 5) is 0.236. The van der Waals surface area contributed by atoms with Crippen molar-refractivity contribution in [1.29, 1.82) is 0 Å². The number of hydrogen-bond acceptors (Lipinski definition) is 1. The molecule has 0 bridgehead atoms. The summed E-state index contributed by atoms with van der Waals surface area (Å²) in [7, 11) is 0. The van der Waals surface area contributed by atoms with E-state index in [1.165, 1.54) is 22.3 Å². The molecule has 0 fully saturated rings. The molecule has 0 saturated carbocycles. The molecule has 3 rings (SSSR count). The summed E-state index contributed by atoms with van der Waals surface area (Å²) in [5.74, 6) is 1.03. The highest BCUT2D eigenvalue weighted by Crippen LogP contribution is 2.39. The number of aryl methyl sites for hydroxylation is 2. The molecule has 19 heavy (non-hydrogen) atoms. The van der Waals surface area contributed by atoms with E-state index < -0.39 is 0 Å². The van der Waals surface area contributed by atoms with E-state index in [0.717, 1.165) is 12.2 Å². The van der Waals surface area contributed by atoms with Crippen LogP contribution in [0.25, 0.3) is 0 Å². The number of benzene rings is 2. The van der Waals surface area contributed by atoms with Crippen LogP contribution in [-0.2, 0) is 6.42 Å². The largest absolute Gasteiger partial charge is 0.488 e. The average Bonchev–Trinajstić information content (AvgIpc) is 2.84. The van der Waals surface area contributed by atoms with Gasteiger partial charge in [0.25, 0.3) is 0 Å². The van der Waals surface area contributed by atoms with Crippen LogP contribution in [0.4, 0.5) is 0 Å². The van der Waals surface area contributed by atoms with Gasteiger partial charge in [-0.2, -0.15) is 0 Å². The van der Waals surface area contributed by atoms with Crippen molar-refractivity contribution >= 4 is 15.9 Å². The van der Waals surface area contributed by atoms with Crippen LogP contribution >= 0.6 is 15.9 Å². The molecule has 2 atom stereocenters. The fourth-order valence-electron chi connectivity index (χ4n) is 2.63. The van der Waals surface area contributed by atoms with Gasteiger partial charge in [-0.1, -0.05) is 57.9 Å². The lowest BCUT2D eigenvalue weighted by Crippen LogP contribution is -2.19. The second-order valence-corrected chi connectivity index (χ2v) is 6.22. The summed E-state index contributed by atoms with van der Waals surface area (Å²) < 4.78 is 6.07. The normalized spacial score (nSPS) is 18.8. The molecular weight excluding hydrogens is 300 g/mol. The first-order valence-corrected chi connectivity index (χ1v) is 7.52. The smallest absolute Gasteiger partial charge is 0.123 e. The molecule has 2 heteroatoms. The standard InChI is InChI=1S/C17H17BrO/c1-11-7-8-12(2)14(9-11)17(18)16-10-13-5-3-4-6-15(13)19-16/h3-9,16-17H,10H2,1-2H3. The van der Waals surface area contributed by atoms with Crippen molar-refractivity contribution < 1.29 is 4.74 Å². The number of rotatable bonds is 2. The number of fused-ring (bicyclic) bond motifs is 1. The fourth-order valence-corrected chi connectivity index (χ4v) is 3.42. The van der Waals surface area contributed by atoms with Crippen molar-refractivity contribution in [3.63, 3.8) is 0 Å². The minimum Gasteiger partial charge on any atom is -0.488 e. The van der Waals surface area contributed by atoms with Gasteiger partial charge < -0.3 is 4.74 Å². The second-order valence-electron chi connectivity index (χ2n) is 5.23. The Hall–Kier alpha value is -1.28. The molecule has 1 aliphatic rings. The monoisotopic (exact) mass is 316 g/mol. The van der Waals surface area contributed by atoms with Crippen LogP contribution in [0.15, 0.2) is 42.5 Å². The molecular formula is C17H17BrO. The molecule has 0 radical (unpaired) electrons. The van der Waals surface area contributed by atoms with E-state index in [-0.39, 0.29) is 10.9 Å². The Morgan fingerprint density at radius 1 is 1.16 bits per heavy atom. The maximum absolute atomic E-state index is 6.07. The molecule has 1 heterocycles. The highest BCUT2D eigenvalue weighted by atomic mass is 79.9. The molecule has 1 nitrogen and oxygen atoms in total. The van der Waals surface area contributed by atoms with Gasteiger partial charge in [0, 0.05) is 6.42 Å². The van der Waals surface area contributed by atoms with E-state index in [4.69, 9.17) is 4.74 Å². The Labute approximate surface area is 122 Å². The van der Waals surface area contributed by atoms with Crippen molar-refractivity contribution in [3.8, 4) is 5.75 Å². The van der Waals surface area contributed by atoms with E-state index in [2.05, 4.69) is 66.2 Å². The zero-order valence-corrected chi connectivity index (χ0v) is 12.8. The van der Waals surface area contributed by atoms with Gasteiger partial charge in [0.15, 0.2) is 0 Å². The Bertz CT molecular complexity index is 581. The summed E-state index contributed by atoms with van der Waals surface area (Å²) in [5.41, 5.74) is 5.24. The number of ether oxygens (including phenoxy) is 1. The van der Waals surface area contributed by atoms with Crippen molar-refractivity contribution in [2.24, 2.45) is 0 Å². The first-order chi connectivity index (χ1) is 9.15. The van der Waals surface area contributed by atoms with Gasteiger partial charge in [-0.3, -0.25) is 0 Å². The molecule has 2 aromatic rings. The minimum absolute atomic E-state index is 0.179. The number of halogens is 1. The number of alkyl halides is 1. The Kier molecular flexibility index (Phi) is 3.36. The maximum Gasteiger partial charge on any atom is 0.123 e. The summed E-state index contributed by atoms with van der Waals surface area (Å²) in [6.45, 7) is 4.29. The van der Waals surface area contributed by atoms with Gasteiger partial charge >= 0.3 is 0 Å². The summed E-state index contributed by atoms with van der Waals surface area (Å²) in [6, 6.07) is 14.9. The predicted molar refractivity (Wildman–Crippen MR) is 82.1 cm³/mol. The van der Waals surface area contributed by atoms with Crippen LogP contribution in [0.1, 0.15) is 27.1 Å². The van der Waals surface area contributed by atoms with E-state index in [1.807, 2.05) is 6.07 Å². The second kappa shape index (κ2) is 5.01. The number of hydrogen-bond donors (Lipinski definition) is 0. The van der Waals surface area contributed by atoms with Gasteiger partial charge in [0.2, 0.25) is 0 Å². The zero-order valence-electron chi connectivity index (χ0n) is 11.2. The molecule has 0 spiro atoms. The molecule has 1 aliphatic heterocycles. The molecule has 2 aromatic carbocycles. The zero-order chi connectivity index (χ0) is 13.4. The summed E-state index contributed by atoms with van der Waals surface area (Å²) >= 11 is 3.83. The van der Waals surface area contributed by atoms with E-state index in [0.29, 0.717) is 0 Å². The maximum atomic E-state index is 6.07. The molecule has 98 valence electrons. The fraction of sp³-hybridized carbons (Fsp3) is 0.294. The third kappa shape index (κ3) is 2.42. The van der Waals surface area contributed by atoms with Crippen molar-refractivity contribution in [3.05, 3.63) is 64.7 Å². The Morgan fingerprint density at radius 3 is 2.74 bits per heavy atom. The molecule has 0 N–H and O–H groups in total. The van der Waals surface area contributed by atoms with Gasteiger partial charge in [0.1, 0.15) is 11.9 Å². The highest BCUT2D eigenvalue weighted by Gasteiger charge is 2.30. The van der Waals surface area contributed by atoms with Crippen LogP contribution < -0.4 is 4.74 Å². The van der Waals surface area contributed by atoms with Crippen LogP contribution in [0.3, 0.4) is 0 Å². The first-order valence-electron chi connectivity index (χ1n) is 6.61. The van der Waals surface area contributed by atoms with Crippen molar-refractivity contribution in [1.82, 2.24) is 0 Å². The lowest BCUT2D eigenvalue weighted by atomic mass is 9.98. The molecule has 2 unspecified atom stereocenters. The molecule has 0 aliphatic carbocycles. The van der Waals surface area contributed by atoms with E-state index in [9.17, 15) is 0 Å². The van der Waals surface area contributed by atoms with Crippen LogP contribution in [0, 0.1) is 13.8 Å². The predicted octanol–water partition coefficient (Wildman–Crippen LogP) is 4.74. The topological polar surface area (TPSA) is 9.23 Å². The summed E-state index contributed by atoms with van der Waals surface area (Å²) in [6.07, 6.45) is 1.15. The molecule has 0 saturated heterocycles. The van der Waals surface area contributed by atoms with Gasteiger partial charge in [0.05, 0.1) is 4.83 Å². The highest BCUT2D eigenvalue weighted by molar-refractivity contribution is 9.09. The minimum atomic E-state index is 0.179. The molecule has 0 aromatic heterocycles. The van der Waals surface area contributed by atoms with E-state index in [1.54, 1.807) is 0 Å². The summed E-state index contributed by atoms with van der Waals surface area (Å²) in [5, 5.41) is 0.